The van der Waals surface area contributed by atoms with Gasteiger partial charge in [-0.15, -0.1) is 11.3 Å². The third kappa shape index (κ3) is 5.03. The van der Waals surface area contributed by atoms with Crippen LogP contribution in [0.15, 0.2) is 84.6 Å². The molecule has 2 aromatic carbocycles. The molecule has 7 nitrogen and oxygen atoms in total. The minimum atomic E-state index is 0.247. The van der Waals surface area contributed by atoms with Crippen LogP contribution in [0.1, 0.15) is 17.8 Å². The minimum Gasteiger partial charge on any atom is -0.494 e. The van der Waals surface area contributed by atoms with Crippen LogP contribution in [-0.2, 0) is 4.74 Å². The van der Waals surface area contributed by atoms with Crippen LogP contribution in [0.2, 0.25) is 0 Å². The molecule has 4 heterocycles. The molecule has 1 aliphatic rings. The van der Waals surface area contributed by atoms with Crippen molar-refractivity contribution in [3.63, 3.8) is 0 Å². The maximum atomic E-state index is 5.66. The number of aromatic nitrogens is 3. The van der Waals surface area contributed by atoms with Crippen molar-refractivity contribution < 1.29 is 9.47 Å². The SMILES string of the molecule is CCOc1ccc(-n2cc(-c3ccccc3)c3c(NC[C@@H](c4cccs4)N4CCOCC4)ncnc32)cc1. The fourth-order valence-corrected chi connectivity index (χ4v) is 5.93. The molecule has 5 aromatic rings. The van der Waals surface area contributed by atoms with Gasteiger partial charge in [0.05, 0.1) is 31.2 Å². The Hall–Kier alpha value is -3.72. The lowest BCUT2D eigenvalue weighted by Gasteiger charge is -2.34. The van der Waals surface area contributed by atoms with Gasteiger partial charge in [0.2, 0.25) is 0 Å². The molecule has 3 aromatic heterocycles. The van der Waals surface area contributed by atoms with E-state index in [-0.39, 0.29) is 6.04 Å². The Morgan fingerprint density at radius 2 is 1.82 bits per heavy atom. The number of nitrogens with zero attached hydrogens (tertiary/aromatic N) is 4. The van der Waals surface area contributed by atoms with E-state index in [1.165, 1.54) is 4.88 Å². The van der Waals surface area contributed by atoms with Gasteiger partial charge in [0, 0.05) is 42.0 Å². The Morgan fingerprint density at radius 1 is 1.00 bits per heavy atom. The molecule has 1 N–H and O–H groups in total. The molecule has 0 unspecified atom stereocenters. The van der Waals surface area contributed by atoms with E-state index >= 15 is 0 Å². The van der Waals surface area contributed by atoms with Crippen molar-refractivity contribution in [1.82, 2.24) is 19.4 Å². The summed E-state index contributed by atoms with van der Waals surface area (Å²) in [6.07, 6.45) is 3.81. The van der Waals surface area contributed by atoms with Crippen LogP contribution >= 0.6 is 11.3 Å². The molecule has 8 heteroatoms. The van der Waals surface area contributed by atoms with E-state index in [9.17, 15) is 0 Å². The van der Waals surface area contributed by atoms with Crippen molar-refractivity contribution in [3.8, 4) is 22.6 Å². The average molecular weight is 526 g/mol. The second-order valence-electron chi connectivity index (χ2n) is 9.19. The number of fused-ring (bicyclic) bond motifs is 1. The van der Waals surface area contributed by atoms with Crippen molar-refractivity contribution in [2.75, 3.05) is 44.8 Å². The lowest BCUT2D eigenvalue weighted by molar-refractivity contribution is 0.0194. The van der Waals surface area contributed by atoms with Crippen LogP contribution in [0.5, 0.6) is 5.75 Å². The zero-order valence-corrected chi connectivity index (χ0v) is 22.2. The fraction of sp³-hybridized carbons (Fsp3) is 0.267. The van der Waals surface area contributed by atoms with Crippen LogP contribution in [-0.4, -0.2) is 58.9 Å². The lowest BCUT2D eigenvalue weighted by Crippen LogP contribution is -2.41. The van der Waals surface area contributed by atoms with Crippen LogP contribution in [0.25, 0.3) is 27.8 Å². The fourth-order valence-electron chi connectivity index (χ4n) is 5.07. The summed E-state index contributed by atoms with van der Waals surface area (Å²) >= 11 is 1.80. The molecule has 1 saturated heterocycles. The highest BCUT2D eigenvalue weighted by Gasteiger charge is 2.25. The van der Waals surface area contributed by atoms with E-state index in [0.29, 0.717) is 6.61 Å². The van der Waals surface area contributed by atoms with Gasteiger partial charge < -0.3 is 19.4 Å². The third-order valence-corrected chi connectivity index (χ3v) is 7.89. The molecule has 38 heavy (non-hydrogen) atoms. The molecule has 194 valence electrons. The summed E-state index contributed by atoms with van der Waals surface area (Å²) in [6.45, 7) is 6.76. The zero-order valence-electron chi connectivity index (χ0n) is 21.4. The van der Waals surface area contributed by atoms with E-state index < -0.39 is 0 Å². The monoisotopic (exact) mass is 525 g/mol. The van der Waals surface area contributed by atoms with E-state index in [1.807, 2.05) is 25.1 Å². The number of rotatable bonds is 9. The average Bonchev–Trinajstić information content (AvgIpc) is 3.64. The summed E-state index contributed by atoms with van der Waals surface area (Å²) in [4.78, 5) is 13.3. The molecule has 1 fully saturated rings. The topological polar surface area (TPSA) is 64.4 Å². The van der Waals surface area contributed by atoms with Gasteiger partial charge in [-0.05, 0) is 48.2 Å². The Morgan fingerprint density at radius 3 is 2.55 bits per heavy atom. The number of benzene rings is 2. The summed E-state index contributed by atoms with van der Waals surface area (Å²) in [5, 5.41) is 6.88. The second-order valence-corrected chi connectivity index (χ2v) is 10.2. The molecular weight excluding hydrogens is 494 g/mol. The molecule has 1 atom stereocenters. The molecular formula is C30H31N5O2S. The quantitative estimate of drug-likeness (QED) is 0.253. The number of morpholine rings is 1. The van der Waals surface area contributed by atoms with Crippen molar-refractivity contribution in [3.05, 3.63) is 89.5 Å². The standard InChI is InChI=1S/C30H31N5O2S/c1-2-37-24-12-10-23(11-13-24)35-20-25(22-7-4-3-5-8-22)28-29(32-21-33-30(28)35)31-19-26(27-9-6-18-38-27)34-14-16-36-17-15-34/h3-13,18,20-21,26H,2,14-17,19H2,1H3,(H,31,32,33)/t26-/m0/s1. The number of ether oxygens (including phenoxy) is 2. The van der Waals surface area contributed by atoms with Gasteiger partial charge in [-0.25, -0.2) is 9.97 Å². The van der Waals surface area contributed by atoms with Gasteiger partial charge in [0.25, 0.3) is 0 Å². The Labute approximate surface area is 226 Å². The number of thiophene rings is 1. The second kappa shape index (κ2) is 11.3. The molecule has 0 aliphatic carbocycles. The van der Waals surface area contributed by atoms with E-state index in [0.717, 1.165) is 72.3 Å². The first-order chi connectivity index (χ1) is 18.8. The first-order valence-corrected chi connectivity index (χ1v) is 13.9. The van der Waals surface area contributed by atoms with Crippen LogP contribution in [0, 0.1) is 0 Å². The Kier molecular flexibility index (Phi) is 7.35. The maximum absolute atomic E-state index is 5.66. The molecule has 0 bridgehead atoms. The van der Waals surface area contributed by atoms with Crippen LogP contribution in [0.4, 0.5) is 5.82 Å². The normalized spacial score (nSPS) is 15.0. The smallest absolute Gasteiger partial charge is 0.150 e. The molecule has 6 rings (SSSR count). The molecule has 0 saturated carbocycles. The van der Waals surface area contributed by atoms with Crippen molar-refractivity contribution in [2.45, 2.75) is 13.0 Å². The summed E-state index contributed by atoms with van der Waals surface area (Å²) in [5.41, 5.74) is 4.11. The van der Waals surface area contributed by atoms with Gasteiger partial charge in [-0.2, -0.15) is 0 Å². The number of hydrogen-bond donors (Lipinski definition) is 1. The van der Waals surface area contributed by atoms with E-state index in [2.05, 4.69) is 74.9 Å². The van der Waals surface area contributed by atoms with Gasteiger partial charge in [-0.1, -0.05) is 36.4 Å². The van der Waals surface area contributed by atoms with Crippen molar-refractivity contribution in [2.24, 2.45) is 0 Å². The highest BCUT2D eigenvalue weighted by atomic mass is 32.1. The molecule has 0 amide bonds. The van der Waals surface area contributed by atoms with Gasteiger partial charge in [0.15, 0.2) is 5.65 Å². The number of anilines is 1. The predicted octanol–water partition coefficient (Wildman–Crippen LogP) is 6.03. The maximum Gasteiger partial charge on any atom is 0.150 e. The molecule has 0 spiro atoms. The highest BCUT2D eigenvalue weighted by molar-refractivity contribution is 7.10. The predicted molar refractivity (Wildman–Crippen MR) is 153 cm³/mol. The summed E-state index contributed by atoms with van der Waals surface area (Å²) in [6, 6.07) is 23.2. The number of hydrogen-bond acceptors (Lipinski definition) is 7. The van der Waals surface area contributed by atoms with Crippen molar-refractivity contribution in [1.29, 1.82) is 0 Å². The van der Waals surface area contributed by atoms with Gasteiger partial charge in [0.1, 0.15) is 17.9 Å². The summed E-state index contributed by atoms with van der Waals surface area (Å²) in [5.74, 6) is 1.70. The van der Waals surface area contributed by atoms with Crippen LogP contribution in [0.3, 0.4) is 0 Å². The number of nitrogens with one attached hydrogen (secondary N) is 1. The Bertz CT molecular complexity index is 1460. The zero-order chi connectivity index (χ0) is 25.7. The third-order valence-electron chi connectivity index (χ3n) is 6.91. The molecule has 0 radical (unpaired) electrons. The highest BCUT2D eigenvalue weighted by Crippen LogP contribution is 2.36. The van der Waals surface area contributed by atoms with Gasteiger partial charge in [-0.3, -0.25) is 4.90 Å². The minimum absolute atomic E-state index is 0.247. The van der Waals surface area contributed by atoms with E-state index in [1.54, 1.807) is 17.7 Å². The first kappa shape index (κ1) is 24.6. The first-order valence-electron chi connectivity index (χ1n) is 13.1. The van der Waals surface area contributed by atoms with E-state index in [4.69, 9.17) is 19.4 Å². The molecule has 1 aliphatic heterocycles. The van der Waals surface area contributed by atoms with Crippen LogP contribution < -0.4 is 10.1 Å². The largest absolute Gasteiger partial charge is 0.494 e. The summed E-state index contributed by atoms with van der Waals surface area (Å²) < 4.78 is 13.4. The van der Waals surface area contributed by atoms with Gasteiger partial charge >= 0.3 is 0 Å². The van der Waals surface area contributed by atoms with Crippen molar-refractivity contribution >= 4 is 28.2 Å². The lowest BCUT2D eigenvalue weighted by atomic mass is 10.1. The Balaban J connectivity index is 1.40. The summed E-state index contributed by atoms with van der Waals surface area (Å²) in [7, 11) is 0.